The van der Waals surface area contributed by atoms with Gasteiger partial charge < -0.3 is 16.6 Å². The van der Waals surface area contributed by atoms with Gasteiger partial charge in [0, 0.05) is 13.0 Å². The summed E-state index contributed by atoms with van der Waals surface area (Å²) in [7, 11) is 0. The molecule has 0 atom stereocenters. The summed E-state index contributed by atoms with van der Waals surface area (Å²) in [5.74, 6) is -0.470. The van der Waals surface area contributed by atoms with Crippen molar-refractivity contribution in [3.8, 4) is 0 Å². The van der Waals surface area contributed by atoms with Gasteiger partial charge >= 0.3 is 5.97 Å². The minimum atomic E-state index is -0.786. The second kappa shape index (κ2) is 10.7. The van der Waals surface area contributed by atoms with Gasteiger partial charge in [-0.3, -0.25) is 15.1 Å². The van der Waals surface area contributed by atoms with E-state index in [0.717, 1.165) is 18.4 Å². The summed E-state index contributed by atoms with van der Waals surface area (Å²) in [5.41, 5.74) is 12.3. The number of nitrogens with one attached hydrogen (secondary N) is 1. The molecule has 7 nitrogen and oxygen atoms in total. The minimum absolute atomic E-state index is 0.146. The Labute approximate surface area is 150 Å². The number of aliphatic imine (C=N–C) groups is 2. The van der Waals surface area contributed by atoms with E-state index in [1.54, 1.807) is 18.2 Å². The van der Waals surface area contributed by atoms with E-state index >= 15 is 0 Å². The van der Waals surface area contributed by atoms with Gasteiger partial charge in [-0.2, -0.15) is 0 Å². The Kier molecular flexibility index (Phi) is 8.96. The van der Waals surface area contributed by atoms with E-state index in [-0.39, 0.29) is 18.3 Å². The number of unbranched alkanes of at least 4 members (excludes halogenated alkanes) is 2. The zero-order valence-corrected chi connectivity index (χ0v) is 14.6. The van der Waals surface area contributed by atoms with Gasteiger partial charge in [0.05, 0.1) is 16.6 Å². The summed E-state index contributed by atoms with van der Waals surface area (Å²) in [6, 6.07) is 5.22. The van der Waals surface area contributed by atoms with E-state index in [1.165, 1.54) is 0 Å². The van der Waals surface area contributed by atoms with Gasteiger partial charge in [0.25, 0.3) is 0 Å². The Morgan fingerprint density at radius 3 is 2.46 bits per heavy atom. The highest BCUT2D eigenvalue weighted by Crippen LogP contribution is 2.22. The first-order valence-corrected chi connectivity index (χ1v) is 8.16. The topological polar surface area (TPSA) is 126 Å². The van der Waals surface area contributed by atoms with Crippen molar-refractivity contribution < 1.29 is 9.90 Å². The van der Waals surface area contributed by atoms with Gasteiger partial charge in [-0.1, -0.05) is 35.7 Å². The lowest BCUT2D eigenvalue weighted by atomic mass is 10.2. The van der Waals surface area contributed by atoms with Gasteiger partial charge in [0.2, 0.25) is 0 Å². The molecule has 132 valence electrons. The molecule has 1 rings (SSSR count). The largest absolute Gasteiger partial charge is 0.481 e. The Hall–Kier alpha value is -1.99. The quantitative estimate of drug-likeness (QED) is 0.316. The SMILES string of the molecule is NC(=NCCCCCC(=O)O)NC(N)=NCc1ccc(Cl)c(Cl)c1. The van der Waals surface area contributed by atoms with Crippen LogP contribution in [0.25, 0.3) is 0 Å². The summed E-state index contributed by atoms with van der Waals surface area (Å²) in [4.78, 5) is 18.6. The van der Waals surface area contributed by atoms with Crippen molar-refractivity contribution in [1.29, 1.82) is 0 Å². The Bertz CT molecular complexity index is 620. The molecule has 1 aromatic rings. The van der Waals surface area contributed by atoms with E-state index < -0.39 is 5.97 Å². The van der Waals surface area contributed by atoms with Crippen molar-refractivity contribution in [3.63, 3.8) is 0 Å². The van der Waals surface area contributed by atoms with E-state index in [0.29, 0.717) is 29.6 Å². The first kappa shape index (κ1) is 20.1. The molecule has 0 spiro atoms. The zero-order valence-electron chi connectivity index (χ0n) is 13.1. The molecule has 0 heterocycles. The standard InChI is InChI=1S/C15H21Cl2N5O2/c16-11-6-5-10(8-12(11)17)9-21-15(19)22-14(18)20-7-3-1-2-4-13(23)24/h5-6,8H,1-4,7,9H2,(H,23,24)(H5,18,19,20,21,22). The van der Waals surface area contributed by atoms with Crippen LogP contribution in [-0.4, -0.2) is 29.5 Å². The van der Waals surface area contributed by atoms with Gasteiger partial charge in [-0.05, 0) is 30.5 Å². The molecule has 0 aromatic heterocycles. The number of halogens is 2. The Morgan fingerprint density at radius 2 is 1.79 bits per heavy atom. The number of aliphatic carboxylic acids is 1. The molecule has 6 N–H and O–H groups in total. The van der Waals surface area contributed by atoms with Crippen molar-refractivity contribution in [2.75, 3.05) is 6.54 Å². The number of nitrogens with zero attached hydrogens (tertiary/aromatic N) is 2. The van der Waals surface area contributed by atoms with Crippen molar-refractivity contribution in [2.24, 2.45) is 21.5 Å². The molecule has 0 amide bonds. The second-order valence-electron chi connectivity index (χ2n) is 5.05. The van der Waals surface area contributed by atoms with Crippen LogP contribution >= 0.6 is 23.2 Å². The molecule has 0 aliphatic rings. The van der Waals surface area contributed by atoms with Crippen LogP contribution in [0.1, 0.15) is 31.2 Å². The molecule has 0 aliphatic carbocycles. The second-order valence-corrected chi connectivity index (χ2v) is 5.86. The first-order valence-electron chi connectivity index (χ1n) is 7.41. The number of hydrogen-bond acceptors (Lipinski definition) is 3. The summed E-state index contributed by atoms with van der Waals surface area (Å²) < 4.78 is 0. The molecule has 0 unspecified atom stereocenters. The van der Waals surface area contributed by atoms with Crippen LogP contribution in [0, 0.1) is 0 Å². The molecule has 0 saturated carbocycles. The highest BCUT2D eigenvalue weighted by atomic mass is 35.5. The molecule has 0 radical (unpaired) electrons. The van der Waals surface area contributed by atoms with Crippen molar-refractivity contribution in [3.05, 3.63) is 33.8 Å². The number of carbonyl (C=O) groups is 1. The average Bonchev–Trinajstić information content (AvgIpc) is 2.51. The summed E-state index contributed by atoms with van der Waals surface area (Å²) in [6.45, 7) is 0.830. The number of hydrogen-bond donors (Lipinski definition) is 4. The Morgan fingerprint density at radius 1 is 1.08 bits per heavy atom. The normalized spacial score (nSPS) is 12.2. The number of carboxylic acids is 1. The zero-order chi connectivity index (χ0) is 17.9. The third-order valence-electron chi connectivity index (χ3n) is 3.00. The fourth-order valence-electron chi connectivity index (χ4n) is 1.79. The van der Waals surface area contributed by atoms with E-state index in [4.69, 9.17) is 39.8 Å². The van der Waals surface area contributed by atoms with Crippen molar-refractivity contribution in [1.82, 2.24) is 5.32 Å². The van der Waals surface area contributed by atoms with Crippen molar-refractivity contribution in [2.45, 2.75) is 32.2 Å². The molecule has 0 aliphatic heterocycles. The molecule has 0 fully saturated rings. The van der Waals surface area contributed by atoms with Gasteiger partial charge in [-0.15, -0.1) is 0 Å². The average molecular weight is 374 g/mol. The fourth-order valence-corrected chi connectivity index (χ4v) is 2.11. The number of nitrogens with two attached hydrogens (primary N) is 2. The van der Waals surface area contributed by atoms with Crippen LogP contribution in [-0.2, 0) is 11.3 Å². The van der Waals surface area contributed by atoms with Crippen LogP contribution in [0.4, 0.5) is 0 Å². The monoisotopic (exact) mass is 373 g/mol. The summed E-state index contributed by atoms with van der Waals surface area (Å²) in [5, 5.41) is 12.1. The smallest absolute Gasteiger partial charge is 0.303 e. The lowest BCUT2D eigenvalue weighted by Gasteiger charge is -2.05. The van der Waals surface area contributed by atoms with Gasteiger partial charge in [0.1, 0.15) is 0 Å². The maximum atomic E-state index is 10.4. The van der Waals surface area contributed by atoms with Crippen LogP contribution in [0.3, 0.4) is 0 Å². The van der Waals surface area contributed by atoms with Crippen LogP contribution < -0.4 is 16.8 Å². The molecule has 1 aromatic carbocycles. The van der Waals surface area contributed by atoms with Crippen molar-refractivity contribution >= 4 is 41.1 Å². The predicted molar refractivity (Wildman–Crippen MR) is 97.5 cm³/mol. The fraction of sp³-hybridized carbons (Fsp3) is 0.400. The molecular weight excluding hydrogens is 353 g/mol. The maximum absolute atomic E-state index is 10.4. The molecule has 0 bridgehead atoms. The number of rotatable bonds is 8. The van der Waals surface area contributed by atoms with Crippen LogP contribution in [0.5, 0.6) is 0 Å². The molecule has 9 heteroatoms. The van der Waals surface area contributed by atoms with E-state index in [9.17, 15) is 4.79 Å². The molecular formula is C15H21Cl2N5O2. The van der Waals surface area contributed by atoms with Crippen LogP contribution in [0.15, 0.2) is 28.2 Å². The third-order valence-corrected chi connectivity index (χ3v) is 3.74. The lowest BCUT2D eigenvalue weighted by Crippen LogP contribution is -2.41. The number of benzene rings is 1. The van der Waals surface area contributed by atoms with E-state index in [1.807, 2.05) is 0 Å². The van der Waals surface area contributed by atoms with Gasteiger partial charge in [-0.25, -0.2) is 4.99 Å². The van der Waals surface area contributed by atoms with Gasteiger partial charge in [0.15, 0.2) is 11.9 Å². The highest BCUT2D eigenvalue weighted by Gasteiger charge is 2.00. The Balaban J connectivity index is 2.34. The minimum Gasteiger partial charge on any atom is -0.481 e. The highest BCUT2D eigenvalue weighted by molar-refractivity contribution is 6.42. The number of carboxylic acid groups (broad SMARTS) is 1. The summed E-state index contributed by atoms with van der Waals surface area (Å²) in [6.07, 6.45) is 2.34. The lowest BCUT2D eigenvalue weighted by molar-refractivity contribution is -0.137. The third kappa shape index (κ3) is 8.59. The molecule has 24 heavy (non-hydrogen) atoms. The van der Waals surface area contributed by atoms with E-state index in [2.05, 4.69) is 15.3 Å². The summed E-state index contributed by atoms with van der Waals surface area (Å²) >= 11 is 11.8. The molecule has 0 saturated heterocycles. The first-order chi connectivity index (χ1) is 11.4. The maximum Gasteiger partial charge on any atom is 0.303 e. The predicted octanol–water partition coefficient (Wildman–Crippen LogP) is 2.36. The van der Waals surface area contributed by atoms with Crippen LogP contribution in [0.2, 0.25) is 10.0 Å². The number of guanidine groups is 2.